The lowest BCUT2D eigenvalue weighted by Crippen LogP contribution is -2.41. The Morgan fingerprint density at radius 3 is 3.10 bits per heavy atom. The molecule has 2 heterocycles. The van der Waals surface area contributed by atoms with Gasteiger partial charge < -0.3 is 15.3 Å². The second-order valence-corrected chi connectivity index (χ2v) is 6.69. The number of nitrogens with zero attached hydrogens (tertiary/aromatic N) is 1. The number of benzene rings is 1. The fourth-order valence-corrected chi connectivity index (χ4v) is 4.08. The molecule has 0 radical (unpaired) electrons. The van der Waals surface area contributed by atoms with E-state index in [1.54, 1.807) is 11.0 Å². The molecular formula is C15H19FN2O2S. The molecule has 2 aliphatic heterocycles. The summed E-state index contributed by atoms with van der Waals surface area (Å²) in [5.74, 6) is 0.776. The van der Waals surface area contributed by atoms with E-state index in [9.17, 15) is 9.18 Å². The number of carbonyl (C=O) groups excluding carboxylic acids is 1. The number of hydrogen-bond acceptors (Lipinski definition) is 3. The molecule has 0 spiro atoms. The normalized spacial score (nSPS) is 24.8. The van der Waals surface area contributed by atoms with E-state index < -0.39 is 0 Å². The van der Waals surface area contributed by atoms with Crippen molar-refractivity contribution in [2.24, 2.45) is 5.92 Å². The highest BCUT2D eigenvalue weighted by Crippen LogP contribution is 2.37. The molecule has 21 heavy (non-hydrogen) atoms. The van der Waals surface area contributed by atoms with Gasteiger partial charge in [0.1, 0.15) is 5.82 Å². The fourth-order valence-electron chi connectivity index (χ4n) is 2.94. The van der Waals surface area contributed by atoms with Crippen LogP contribution < -0.4 is 5.32 Å². The van der Waals surface area contributed by atoms with Crippen molar-refractivity contribution in [3.8, 4) is 0 Å². The van der Waals surface area contributed by atoms with Gasteiger partial charge in [-0.3, -0.25) is 0 Å². The Morgan fingerprint density at radius 1 is 1.48 bits per heavy atom. The van der Waals surface area contributed by atoms with Gasteiger partial charge in [-0.1, -0.05) is 12.1 Å². The maximum atomic E-state index is 13.8. The predicted octanol–water partition coefficient (Wildman–Crippen LogP) is 2.39. The molecule has 2 amide bonds. The van der Waals surface area contributed by atoms with E-state index in [-0.39, 0.29) is 30.4 Å². The van der Waals surface area contributed by atoms with Gasteiger partial charge in [-0.15, -0.1) is 11.8 Å². The van der Waals surface area contributed by atoms with Crippen molar-refractivity contribution in [3.63, 3.8) is 0 Å². The van der Waals surface area contributed by atoms with Gasteiger partial charge in [0.25, 0.3) is 0 Å². The lowest BCUT2D eigenvalue weighted by molar-refractivity contribution is 0.194. The van der Waals surface area contributed by atoms with E-state index in [0.29, 0.717) is 18.0 Å². The zero-order valence-electron chi connectivity index (χ0n) is 11.7. The molecule has 0 saturated carbocycles. The quantitative estimate of drug-likeness (QED) is 0.882. The highest BCUT2D eigenvalue weighted by Gasteiger charge is 2.29. The molecule has 4 nitrogen and oxygen atoms in total. The lowest BCUT2D eigenvalue weighted by Gasteiger charge is -2.28. The van der Waals surface area contributed by atoms with Gasteiger partial charge in [-0.2, -0.15) is 0 Å². The summed E-state index contributed by atoms with van der Waals surface area (Å²) in [6, 6.07) is 4.80. The van der Waals surface area contributed by atoms with Crippen LogP contribution in [0, 0.1) is 11.7 Å². The SMILES string of the molecule is O=C(NC1CCSc2c(F)cccc21)N1CCC(CO)C1. The molecular weight excluding hydrogens is 291 g/mol. The van der Waals surface area contributed by atoms with Crippen molar-refractivity contribution in [1.82, 2.24) is 10.2 Å². The minimum atomic E-state index is -0.210. The van der Waals surface area contributed by atoms with E-state index in [0.717, 1.165) is 24.2 Å². The summed E-state index contributed by atoms with van der Waals surface area (Å²) in [6.45, 7) is 1.40. The molecule has 3 rings (SSSR count). The summed E-state index contributed by atoms with van der Waals surface area (Å²) < 4.78 is 13.8. The van der Waals surface area contributed by atoms with Crippen molar-refractivity contribution in [1.29, 1.82) is 0 Å². The van der Waals surface area contributed by atoms with E-state index in [1.807, 2.05) is 6.07 Å². The molecule has 1 saturated heterocycles. The first kappa shape index (κ1) is 14.7. The number of aliphatic hydroxyl groups excluding tert-OH is 1. The summed E-state index contributed by atoms with van der Waals surface area (Å²) in [7, 11) is 0. The number of amides is 2. The van der Waals surface area contributed by atoms with Crippen LogP contribution in [0.25, 0.3) is 0 Å². The van der Waals surface area contributed by atoms with Gasteiger partial charge in [0.15, 0.2) is 0 Å². The van der Waals surface area contributed by atoms with Crippen molar-refractivity contribution < 1.29 is 14.3 Å². The van der Waals surface area contributed by atoms with Crippen LogP contribution in [0.3, 0.4) is 0 Å². The summed E-state index contributed by atoms with van der Waals surface area (Å²) in [4.78, 5) is 14.7. The van der Waals surface area contributed by atoms with Crippen molar-refractivity contribution in [2.75, 3.05) is 25.4 Å². The van der Waals surface area contributed by atoms with Gasteiger partial charge in [0.2, 0.25) is 0 Å². The molecule has 2 unspecified atom stereocenters. The van der Waals surface area contributed by atoms with Crippen LogP contribution in [0.1, 0.15) is 24.4 Å². The molecule has 1 fully saturated rings. The average Bonchev–Trinajstić information content (AvgIpc) is 2.97. The highest BCUT2D eigenvalue weighted by molar-refractivity contribution is 7.99. The topological polar surface area (TPSA) is 52.6 Å². The first-order chi connectivity index (χ1) is 10.2. The molecule has 2 aliphatic rings. The minimum absolute atomic E-state index is 0.113. The number of hydrogen-bond donors (Lipinski definition) is 2. The molecule has 1 aromatic rings. The molecule has 2 N–H and O–H groups in total. The second kappa shape index (κ2) is 6.23. The molecule has 0 bridgehead atoms. The van der Waals surface area contributed by atoms with Crippen LogP contribution >= 0.6 is 11.8 Å². The standard InChI is InChI=1S/C15H19FN2O2S/c16-12-3-1-2-11-13(5-7-21-14(11)12)17-15(20)18-6-4-10(8-18)9-19/h1-3,10,13,19H,4-9H2,(H,17,20). The zero-order chi connectivity index (χ0) is 14.8. The molecule has 0 aromatic heterocycles. The van der Waals surface area contributed by atoms with Crippen LogP contribution in [0.15, 0.2) is 23.1 Å². The highest BCUT2D eigenvalue weighted by atomic mass is 32.2. The molecule has 0 aliphatic carbocycles. The number of carbonyl (C=O) groups is 1. The number of aliphatic hydroxyl groups is 1. The van der Waals surface area contributed by atoms with Crippen molar-refractivity contribution in [2.45, 2.75) is 23.8 Å². The first-order valence-electron chi connectivity index (χ1n) is 7.26. The Bertz CT molecular complexity index is 540. The van der Waals surface area contributed by atoms with Crippen LogP contribution in [0.2, 0.25) is 0 Å². The lowest BCUT2D eigenvalue weighted by atomic mass is 10.0. The van der Waals surface area contributed by atoms with Gasteiger partial charge in [-0.25, -0.2) is 9.18 Å². The van der Waals surface area contributed by atoms with Crippen LogP contribution in [0.4, 0.5) is 9.18 Å². The third kappa shape index (κ3) is 3.01. The number of nitrogens with one attached hydrogen (secondary N) is 1. The summed E-state index contributed by atoms with van der Waals surface area (Å²) in [5.41, 5.74) is 0.873. The Hall–Kier alpha value is -1.27. The fraction of sp³-hybridized carbons (Fsp3) is 0.533. The average molecular weight is 310 g/mol. The van der Waals surface area contributed by atoms with Gasteiger partial charge in [0.05, 0.1) is 6.04 Å². The maximum absolute atomic E-state index is 13.8. The predicted molar refractivity (Wildman–Crippen MR) is 79.8 cm³/mol. The van der Waals surface area contributed by atoms with Gasteiger partial charge >= 0.3 is 6.03 Å². The summed E-state index contributed by atoms with van der Waals surface area (Å²) >= 11 is 1.51. The monoisotopic (exact) mass is 310 g/mol. The molecule has 1 aromatic carbocycles. The maximum Gasteiger partial charge on any atom is 0.317 e. The Kier molecular flexibility index (Phi) is 4.35. The first-order valence-corrected chi connectivity index (χ1v) is 8.25. The largest absolute Gasteiger partial charge is 0.396 e. The summed E-state index contributed by atoms with van der Waals surface area (Å²) in [6.07, 6.45) is 1.65. The van der Waals surface area contributed by atoms with E-state index in [1.165, 1.54) is 17.8 Å². The Morgan fingerprint density at radius 2 is 2.33 bits per heavy atom. The van der Waals surface area contributed by atoms with E-state index in [2.05, 4.69) is 5.32 Å². The smallest absolute Gasteiger partial charge is 0.317 e. The van der Waals surface area contributed by atoms with Gasteiger partial charge in [0, 0.05) is 36.3 Å². The van der Waals surface area contributed by atoms with E-state index in [4.69, 9.17) is 5.11 Å². The van der Waals surface area contributed by atoms with Crippen molar-refractivity contribution >= 4 is 17.8 Å². The number of likely N-dealkylation sites (tertiary alicyclic amines) is 1. The van der Waals surface area contributed by atoms with Crippen LogP contribution in [-0.4, -0.2) is 41.5 Å². The molecule has 6 heteroatoms. The third-order valence-corrected chi connectivity index (χ3v) is 5.31. The number of thioether (sulfide) groups is 1. The van der Waals surface area contributed by atoms with Crippen molar-refractivity contribution in [3.05, 3.63) is 29.6 Å². The van der Waals surface area contributed by atoms with E-state index >= 15 is 0 Å². The zero-order valence-corrected chi connectivity index (χ0v) is 12.5. The minimum Gasteiger partial charge on any atom is -0.396 e. The number of halogens is 1. The number of rotatable bonds is 2. The Balaban J connectivity index is 1.69. The summed E-state index contributed by atoms with van der Waals surface area (Å²) in [5, 5.41) is 12.2. The second-order valence-electron chi connectivity index (χ2n) is 5.58. The molecule has 2 atom stereocenters. The third-order valence-electron chi connectivity index (χ3n) is 4.15. The Labute approximate surface area is 127 Å². The van der Waals surface area contributed by atoms with Crippen LogP contribution in [-0.2, 0) is 0 Å². The number of fused-ring (bicyclic) bond motifs is 1. The van der Waals surface area contributed by atoms with Gasteiger partial charge in [-0.05, 0) is 24.5 Å². The van der Waals surface area contributed by atoms with Crippen LogP contribution in [0.5, 0.6) is 0 Å². The number of urea groups is 1. The molecule has 114 valence electrons.